The molecule has 0 N–H and O–H groups in total. The van der Waals surface area contributed by atoms with Gasteiger partial charge in [-0.2, -0.15) is 0 Å². The normalized spacial score (nSPS) is 18.0. The maximum atomic E-state index is 10.7. The first-order chi connectivity index (χ1) is 7.84. The molecule has 0 spiro atoms. The van der Waals surface area contributed by atoms with Gasteiger partial charge in [-0.1, -0.05) is 14.0 Å². The molecule has 0 bridgehead atoms. The molecule has 0 unspecified atom stereocenters. The lowest BCUT2D eigenvalue weighted by Gasteiger charge is -2.01. The van der Waals surface area contributed by atoms with E-state index in [1.54, 1.807) is 0 Å². The van der Waals surface area contributed by atoms with E-state index in [0.717, 1.165) is 9.80 Å². The second kappa shape index (κ2) is 5.90. The molecule has 0 atom stereocenters. The number of likely N-dealkylation sites (N-methyl/N-ethyl adjacent to an activating group) is 2. The summed E-state index contributed by atoms with van der Waals surface area (Å²) >= 11 is 0. The first-order valence-corrected chi connectivity index (χ1v) is 4.83. The van der Waals surface area contributed by atoms with Gasteiger partial charge < -0.3 is 0 Å². The van der Waals surface area contributed by atoms with Crippen LogP contribution in [0.1, 0.15) is 13.8 Å². The molecule has 0 radical (unpaired) electrons. The molecule has 0 saturated carbocycles. The molecular weight excluding hydrogens is 236 g/mol. The molecule has 1 saturated heterocycles. The van der Waals surface area contributed by atoms with E-state index in [4.69, 9.17) is 0 Å². The minimum atomic E-state index is -0.250. The van der Waals surface area contributed by atoms with E-state index in [9.17, 15) is 19.2 Å². The molecule has 2 heterocycles. The summed E-state index contributed by atoms with van der Waals surface area (Å²) in [6.07, 6.45) is 2.69. The number of likely N-dealkylation sites (tertiary alicyclic amines) is 1. The van der Waals surface area contributed by atoms with Gasteiger partial charge in [-0.05, 0) is 0 Å². The maximum absolute atomic E-state index is 10.7. The third kappa shape index (κ3) is 3.13. The fraction of sp³-hybridized carbons (Fsp3) is 0.333. The van der Waals surface area contributed by atoms with Gasteiger partial charge in [0.15, 0.2) is 0 Å². The van der Waals surface area contributed by atoms with Crippen LogP contribution in [0.4, 0.5) is 0 Å². The number of hydrogen-bond donors (Lipinski definition) is 0. The Morgan fingerprint density at radius 3 is 1.56 bits per heavy atom. The molecule has 6 heteroatoms. The van der Waals surface area contributed by atoms with Crippen molar-refractivity contribution in [2.24, 2.45) is 0 Å². The number of amides is 4. The zero-order valence-electron chi connectivity index (χ0n) is 9.60. The molecule has 1 fully saturated rings. The van der Waals surface area contributed by atoms with E-state index in [2.05, 4.69) is 6.58 Å². The summed E-state index contributed by atoms with van der Waals surface area (Å²) in [5.41, 5.74) is 0.391. The number of rotatable bonds is 0. The Morgan fingerprint density at radius 1 is 1.00 bits per heavy atom. The van der Waals surface area contributed by atoms with E-state index >= 15 is 0 Å². The van der Waals surface area contributed by atoms with E-state index in [0.29, 0.717) is 5.57 Å². The van der Waals surface area contributed by atoms with Crippen molar-refractivity contribution in [3.8, 4) is 0 Å². The molecule has 2 rings (SSSR count). The van der Waals surface area contributed by atoms with Gasteiger partial charge in [-0.15, -0.1) is 0 Å². The molecule has 18 heavy (non-hydrogen) atoms. The minimum absolute atomic E-state index is 0. The SMILES string of the molecule is C.C=C1CC(=O)N(C)C1=O.CN1C(=O)C=CC1=O. The summed E-state index contributed by atoms with van der Waals surface area (Å²) in [6.45, 7) is 3.42. The maximum Gasteiger partial charge on any atom is 0.256 e. The first-order valence-electron chi connectivity index (χ1n) is 4.83. The summed E-state index contributed by atoms with van der Waals surface area (Å²) in [5, 5.41) is 0. The minimum Gasteiger partial charge on any atom is -0.282 e. The van der Waals surface area contributed by atoms with Crippen LogP contribution >= 0.6 is 0 Å². The summed E-state index contributed by atoms with van der Waals surface area (Å²) in [6, 6.07) is 0. The van der Waals surface area contributed by atoms with Crippen molar-refractivity contribution < 1.29 is 19.2 Å². The van der Waals surface area contributed by atoms with Crippen molar-refractivity contribution in [2.45, 2.75) is 13.8 Å². The predicted octanol–water partition coefficient (Wildman–Crippen LogP) is 0.109. The second-order valence-electron chi connectivity index (χ2n) is 3.61. The lowest BCUT2D eigenvalue weighted by molar-refractivity contribution is -0.137. The van der Waals surface area contributed by atoms with Crippen LogP contribution in [0.2, 0.25) is 0 Å². The molecule has 6 nitrogen and oxygen atoms in total. The van der Waals surface area contributed by atoms with Crippen LogP contribution in [0.3, 0.4) is 0 Å². The zero-order chi connectivity index (χ0) is 13.2. The van der Waals surface area contributed by atoms with Crippen LogP contribution in [-0.4, -0.2) is 47.5 Å². The van der Waals surface area contributed by atoms with Crippen molar-refractivity contribution in [1.82, 2.24) is 9.80 Å². The highest BCUT2D eigenvalue weighted by Gasteiger charge is 2.28. The summed E-state index contributed by atoms with van der Waals surface area (Å²) in [5.74, 6) is -0.894. The van der Waals surface area contributed by atoms with Gasteiger partial charge in [0, 0.05) is 31.8 Å². The Hall–Kier alpha value is -2.24. The highest BCUT2D eigenvalue weighted by Crippen LogP contribution is 2.13. The third-order valence-corrected chi connectivity index (χ3v) is 2.38. The Morgan fingerprint density at radius 2 is 1.44 bits per heavy atom. The van der Waals surface area contributed by atoms with Crippen molar-refractivity contribution in [3.05, 3.63) is 24.3 Å². The van der Waals surface area contributed by atoms with E-state index < -0.39 is 0 Å². The molecule has 0 aromatic rings. The lowest BCUT2D eigenvalue weighted by atomic mass is 10.3. The lowest BCUT2D eigenvalue weighted by Crippen LogP contribution is -2.24. The van der Waals surface area contributed by atoms with Gasteiger partial charge in [0.1, 0.15) is 0 Å². The Labute approximate surface area is 106 Å². The quantitative estimate of drug-likeness (QED) is 0.453. The highest BCUT2D eigenvalue weighted by molar-refractivity contribution is 6.13. The van der Waals surface area contributed by atoms with Crippen LogP contribution in [0.5, 0.6) is 0 Å². The van der Waals surface area contributed by atoms with Crippen LogP contribution in [0.25, 0.3) is 0 Å². The fourth-order valence-electron chi connectivity index (χ4n) is 1.20. The molecule has 4 amide bonds. The van der Waals surface area contributed by atoms with E-state index in [1.165, 1.54) is 26.2 Å². The number of carbonyl (C=O) groups is 4. The number of carbonyl (C=O) groups excluding carboxylic acids is 4. The molecule has 2 aliphatic rings. The van der Waals surface area contributed by atoms with Crippen molar-refractivity contribution >= 4 is 23.6 Å². The predicted molar refractivity (Wildman–Crippen MR) is 65.2 cm³/mol. The Balaban J connectivity index is 0.000000306. The smallest absolute Gasteiger partial charge is 0.256 e. The van der Waals surface area contributed by atoms with Gasteiger partial charge in [0.05, 0.1) is 6.42 Å². The van der Waals surface area contributed by atoms with Crippen LogP contribution in [0, 0.1) is 0 Å². The standard InChI is InChI=1S/C6H7NO2.C5H5NO2.CH4/c1-4-3-5(8)7(2)6(4)9;1-6-4(7)2-3-5(6)8;/h1,3H2,2H3;2-3H,1H3;1H4. The van der Waals surface area contributed by atoms with Crippen molar-refractivity contribution in [2.75, 3.05) is 14.1 Å². The van der Waals surface area contributed by atoms with E-state index in [-0.39, 0.29) is 37.5 Å². The second-order valence-corrected chi connectivity index (χ2v) is 3.61. The number of hydrogen-bond acceptors (Lipinski definition) is 4. The summed E-state index contributed by atoms with van der Waals surface area (Å²) < 4.78 is 0. The van der Waals surface area contributed by atoms with Gasteiger partial charge in [0.2, 0.25) is 5.91 Å². The Kier molecular flexibility index (Phi) is 5.17. The van der Waals surface area contributed by atoms with E-state index in [1.807, 2.05) is 0 Å². The summed E-state index contributed by atoms with van der Waals surface area (Å²) in [4.78, 5) is 44.3. The van der Waals surface area contributed by atoms with Crippen LogP contribution in [0.15, 0.2) is 24.3 Å². The number of imide groups is 2. The molecule has 0 aromatic heterocycles. The van der Waals surface area contributed by atoms with Gasteiger partial charge in [-0.25, -0.2) is 0 Å². The largest absolute Gasteiger partial charge is 0.282 e. The van der Waals surface area contributed by atoms with Gasteiger partial charge in [-0.3, -0.25) is 29.0 Å². The highest BCUT2D eigenvalue weighted by atomic mass is 16.2. The molecule has 2 aliphatic heterocycles. The molecule has 0 aromatic carbocycles. The molecular formula is C12H16N2O4. The monoisotopic (exact) mass is 252 g/mol. The fourth-order valence-corrected chi connectivity index (χ4v) is 1.20. The summed E-state index contributed by atoms with van der Waals surface area (Å²) in [7, 11) is 2.91. The van der Waals surface area contributed by atoms with Crippen LogP contribution in [-0.2, 0) is 19.2 Å². The molecule has 98 valence electrons. The number of nitrogens with zero attached hydrogens (tertiary/aromatic N) is 2. The zero-order valence-corrected chi connectivity index (χ0v) is 9.60. The van der Waals surface area contributed by atoms with Crippen molar-refractivity contribution in [3.63, 3.8) is 0 Å². The third-order valence-electron chi connectivity index (χ3n) is 2.38. The molecule has 0 aliphatic carbocycles. The topological polar surface area (TPSA) is 74.8 Å². The average Bonchev–Trinajstić information content (AvgIpc) is 2.69. The van der Waals surface area contributed by atoms with Gasteiger partial charge >= 0.3 is 0 Å². The van der Waals surface area contributed by atoms with Crippen LogP contribution < -0.4 is 0 Å². The first kappa shape index (κ1) is 15.8. The van der Waals surface area contributed by atoms with Crippen molar-refractivity contribution in [1.29, 1.82) is 0 Å². The average molecular weight is 252 g/mol. The van der Waals surface area contributed by atoms with Gasteiger partial charge in [0.25, 0.3) is 17.7 Å². The Bertz CT molecular complexity index is 433.